The number of ether oxygens (including phenoxy) is 2. The molecule has 2 heterocycles. The van der Waals surface area contributed by atoms with E-state index in [1.54, 1.807) is 11.3 Å². The van der Waals surface area contributed by atoms with Gasteiger partial charge in [-0.15, -0.1) is 22.9 Å². The summed E-state index contributed by atoms with van der Waals surface area (Å²) in [5.41, 5.74) is 0.993. The number of aryl methyl sites for hydroxylation is 1. The summed E-state index contributed by atoms with van der Waals surface area (Å²) in [6.45, 7) is 2.49. The molecule has 2 rings (SSSR count). The molecule has 0 aliphatic carbocycles. The fraction of sp³-hybridized carbons (Fsp3) is 0.786. The molecular formula is C14H22ClNO2S. The molecule has 5 heteroatoms. The molecule has 3 nitrogen and oxygen atoms in total. The van der Waals surface area contributed by atoms with E-state index < -0.39 is 0 Å². The van der Waals surface area contributed by atoms with E-state index >= 15 is 0 Å². The van der Waals surface area contributed by atoms with E-state index in [0.717, 1.165) is 51.2 Å². The zero-order valence-corrected chi connectivity index (χ0v) is 12.8. The monoisotopic (exact) mass is 303 g/mol. The van der Waals surface area contributed by atoms with Crippen LogP contribution in [0.5, 0.6) is 0 Å². The van der Waals surface area contributed by atoms with Crippen LogP contribution in [0, 0.1) is 0 Å². The van der Waals surface area contributed by atoms with Crippen LogP contribution >= 0.6 is 22.9 Å². The molecule has 108 valence electrons. The van der Waals surface area contributed by atoms with Gasteiger partial charge in [0.15, 0.2) is 0 Å². The van der Waals surface area contributed by atoms with E-state index in [1.807, 2.05) is 5.38 Å². The lowest BCUT2D eigenvalue weighted by Crippen LogP contribution is -2.24. The Morgan fingerprint density at radius 2 is 2.37 bits per heavy atom. The molecular weight excluding hydrogens is 282 g/mol. The average Bonchev–Trinajstić information content (AvgIpc) is 2.92. The second-order valence-corrected chi connectivity index (χ2v) is 6.10. The Balaban J connectivity index is 1.47. The highest BCUT2D eigenvalue weighted by Gasteiger charge is 2.13. The van der Waals surface area contributed by atoms with Crippen molar-refractivity contribution in [1.82, 2.24) is 4.98 Å². The summed E-state index contributed by atoms with van der Waals surface area (Å²) >= 11 is 7.43. The number of alkyl halides is 1. The third kappa shape index (κ3) is 5.78. The molecule has 1 atom stereocenters. The summed E-state index contributed by atoms with van der Waals surface area (Å²) < 4.78 is 11.3. The Kier molecular flexibility index (Phi) is 7.14. The molecule has 0 aromatic carbocycles. The summed E-state index contributed by atoms with van der Waals surface area (Å²) in [4.78, 5) is 4.45. The fourth-order valence-corrected chi connectivity index (χ4v) is 3.23. The lowest BCUT2D eigenvalue weighted by molar-refractivity contribution is -0.0410. The molecule has 1 unspecified atom stereocenters. The highest BCUT2D eigenvalue weighted by Crippen LogP contribution is 2.15. The molecule has 19 heavy (non-hydrogen) atoms. The van der Waals surface area contributed by atoms with Crippen molar-refractivity contribution in [2.75, 3.05) is 19.8 Å². The van der Waals surface area contributed by atoms with Crippen molar-refractivity contribution < 1.29 is 9.47 Å². The molecule has 0 saturated carbocycles. The van der Waals surface area contributed by atoms with Crippen LogP contribution in [0.2, 0.25) is 0 Å². The van der Waals surface area contributed by atoms with Gasteiger partial charge in [-0.3, -0.25) is 0 Å². The normalized spacial score (nSPS) is 19.7. The third-order valence-electron chi connectivity index (χ3n) is 3.24. The van der Waals surface area contributed by atoms with E-state index in [9.17, 15) is 0 Å². The van der Waals surface area contributed by atoms with E-state index in [-0.39, 0.29) is 0 Å². The Labute approximate surface area is 124 Å². The summed E-state index contributed by atoms with van der Waals surface area (Å²) in [5, 5.41) is 3.23. The first-order valence-corrected chi connectivity index (χ1v) is 8.48. The zero-order valence-electron chi connectivity index (χ0n) is 11.3. The summed E-state index contributed by atoms with van der Waals surface area (Å²) in [6.07, 6.45) is 7.21. The van der Waals surface area contributed by atoms with Gasteiger partial charge in [0.25, 0.3) is 0 Å². The number of aromatic nitrogens is 1. The van der Waals surface area contributed by atoms with Crippen molar-refractivity contribution in [1.29, 1.82) is 0 Å². The predicted molar refractivity (Wildman–Crippen MR) is 79.0 cm³/mol. The SMILES string of the molecule is ClCc1csc(CCCCOCC2CCCCO2)n1. The van der Waals surface area contributed by atoms with Crippen molar-refractivity contribution in [3.63, 3.8) is 0 Å². The highest BCUT2D eigenvalue weighted by atomic mass is 35.5. The van der Waals surface area contributed by atoms with Gasteiger partial charge in [-0.05, 0) is 38.5 Å². The van der Waals surface area contributed by atoms with Gasteiger partial charge in [0.1, 0.15) is 0 Å². The number of rotatable bonds is 8. The standard InChI is InChI=1S/C14H22ClNO2S/c15-9-12-11-19-14(16-12)6-2-3-7-17-10-13-5-1-4-8-18-13/h11,13H,1-10H2. The van der Waals surface area contributed by atoms with Gasteiger partial charge >= 0.3 is 0 Å². The largest absolute Gasteiger partial charge is 0.379 e. The van der Waals surface area contributed by atoms with Crippen molar-refractivity contribution in [2.45, 2.75) is 50.5 Å². The van der Waals surface area contributed by atoms with Gasteiger partial charge in [-0.25, -0.2) is 4.98 Å². The summed E-state index contributed by atoms with van der Waals surface area (Å²) in [7, 11) is 0. The van der Waals surface area contributed by atoms with Crippen molar-refractivity contribution >= 4 is 22.9 Å². The average molecular weight is 304 g/mol. The van der Waals surface area contributed by atoms with Crippen LogP contribution in [0.4, 0.5) is 0 Å². The molecule has 0 amide bonds. The minimum Gasteiger partial charge on any atom is -0.379 e. The third-order valence-corrected chi connectivity index (χ3v) is 4.47. The fourth-order valence-electron chi connectivity index (χ4n) is 2.16. The van der Waals surface area contributed by atoms with E-state index in [2.05, 4.69) is 4.98 Å². The van der Waals surface area contributed by atoms with Gasteiger partial charge < -0.3 is 9.47 Å². The lowest BCUT2D eigenvalue weighted by Gasteiger charge is -2.22. The van der Waals surface area contributed by atoms with E-state index in [0.29, 0.717) is 12.0 Å². The summed E-state index contributed by atoms with van der Waals surface area (Å²) in [6, 6.07) is 0. The van der Waals surface area contributed by atoms with Crippen LogP contribution in [0.25, 0.3) is 0 Å². The maximum Gasteiger partial charge on any atom is 0.0928 e. The van der Waals surface area contributed by atoms with Gasteiger partial charge in [-0.1, -0.05) is 0 Å². The molecule has 0 spiro atoms. The molecule has 0 bridgehead atoms. The first-order valence-electron chi connectivity index (χ1n) is 7.07. The number of thiazole rings is 1. The highest BCUT2D eigenvalue weighted by molar-refractivity contribution is 7.09. The predicted octanol–water partition coefficient (Wildman–Crippen LogP) is 3.79. The van der Waals surface area contributed by atoms with Crippen LogP contribution in [0.15, 0.2) is 5.38 Å². The van der Waals surface area contributed by atoms with Crippen molar-refractivity contribution in [3.05, 3.63) is 16.1 Å². The van der Waals surface area contributed by atoms with Gasteiger partial charge in [0.05, 0.1) is 29.3 Å². The molecule has 1 fully saturated rings. The Bertz CT molecular complexity index is 353. The quantitative estimate of drug-likeness (QED) is 0.541. The maximum absolute atomic E-state index is 5.73. The second kappa shape index (κ2) is 8.90. The molecule has 0 N–H and O–H groups in total. The topological polar surface area (TPSA) is 31.4 Å². The molecule has 1 aliphatic heterocycles. The second-order valence-electron chi connectivity index (χ2n) is 4.89. The van der Waals surface area contributed by atoms with Crippen LogP contribution < -0.4 is 0 Å². The minimum absolute atomic E-state index is 0.332. The van der Waals surface area contributed by atoms with Crippen LogP contribution in [0.1, 0.15) is 42.8 Å². The molecule has 1 aromatic heterocycles. The molecule has 1 saturated heterocycles. The molecule has 1 aromatic rings. The minimum atomic E-state index is 0.332. The first-order chi connectivity index (χ1) is 9.38. The maximum atomic E-state index is 5.73. The Morgan fingerprint density at radius 3 is 3.11 bits per heavy atom. The van der Waals surface area contributed by atoms with Crippen LogP contribution in [-0.4, -0.2) is 30.9 Å². The number of unbranched alkanes of at least 4 members (excludes halogenated alkanes) is 1. The lowest BCUT2D eigenvalue weighted by atomic mass is 10.1. The van der Waals surface area contributed by atoms with E-state index in [4.69, 9.17) is 21.1 Å². The first kappa shape index (κ1) is 15.2. The Hall–Kier alpha value is -0.160. The number of halogens is 1. The smallest absolute Gasteiger partial charge is 0.0928 e. The number of nitrogens with zero attached hydrogens (tertiary/aromatic N) is 1. The van der Waals surface area contributed by atoms with Crippen LogP contribution in [-0.2, 0) is 21.8 Å². The number of hydrogen-bond acceptors (Lipinski definition) is 4. The van der Waals surface area contributed by atoms with Gasteiger partial charge in [-0.2, -0.15) is 0 Å². The van der Waals surface area contributed by atoms with Crippen LogP contribution in [0.3, 0.4) is 0 Å². The van der Waals surface area contributed by atoms with E-state index in [1.165, 1.54) is 17.8 Å². The molecule has 1 aliphatic rings. The van der Waals surface area contributed by atoms with Crippen molar-refractivity contribution in [3.8, 4) is 0 Å². The zero-order chi connectivity index (χ0) is 13.3. The molecule has 0 radical (unpaired) electrons. The van der Waals surface area contributed by atoms with Gasteiger partial charge in [0.2, 0.25) is 0 Å². The number of hydrogen-bond donors (Lipinski definition) is 0. The van der Waals surface area contributed by atoms with Gasteiger partial charge in [0, 0.05) is 18.6 Å². The van der Waals surface area contributed by atoms with Crippen molar-refractivity contribution in [2.24, 2.45) is 0 Å². The summed E-state index contributed by atoms with van der Waals surface area (Å²) in [5.74, 6) is 0.515. The Morgan fingerprint density at radius 1 is 1.42 bits per heavy atom.